The van der Waals surface area contributed by atoms with Gasteiger partial charge in [-0.1, -0.05) is 41.9 Å². The minimum Gasteiger partial charge on any atom is -0.267 e. The highest BCUT2D eigenvalue weighted by Crippen LogP contribution is 2.26. The summed E-state index contributed by atoms with van der Waals surface area (Å²) in [5.74, 6) is 0. The van der Waals surface area contributed by atoms with Gasteiger partial charge in [0.25, 0.3) is 5.56 Å². The van der Waals surface area contributed by atoms with E-state index in [0.717, 1.165) is 27.9 Å². The molecule has 0 aliphatic rings. The maximum Gasteiger partial charge on any atom is 0.271 e. The van der Waals surface area contributed by atoms with Gasteiger partial charge in [-0.2, -0.15) is 0 Å². The fourth-order valence-electron chi connectivity index (χ4n) is 2.95. The summed E-state index contributed by atoms with van der Waals surface area (Å²) in [7, 11) is 0. The largest absolute Gasteiger partial charge is 0.271 e. The monoisotopic (exact) mass is 308 g/mol. The molecule has 108 valence electrons. The molecule has 4 aromatic rings. The standard InChI is InChI=1S/C18H13ClN2O/c1-12-9-18(22)21-16-8-3-2-5-14(16)11-17(20(12)21)13-6-4-7-15(19)10-13/h2-11H,1H3. The lowest BCUT2D eigenvalue weighted by atomic mass is 10.1. The van der Waals surface area contributed by atoms with Gasteiger partial charge in [0.15, 0.2) is 0 Å². The van der Waals surface area contributed by atoms with Crippen molar-refractivity contribution in [3.63, 3.8) is 0 Å². The molecule has 0 spiro atoms. The molecule has 0 unspecified atom stereocenters. The van der Waals surface area contributed by atoms with Crippen LogP contribution in [0.5, 0.6) is 0 Å². The zero-order valence-corrected chi connectivity index (χ0v) is 12.7. The second-order valence-electron chi connectivity index (χ2n) is 5.35. The zero-order valence-electron chi connectivity index (χ0n) is 12.0. The Bertz CT molecular complexity index is 1080. The number of fused-ring (bicyclic) bond motifs is 3. The fourth-order valence-corrected chi connectivity index (χ4v) is 3.14. The summed E-state index contributed by atoms with van der Waals surface area (Å²) >= 11 is 6.13. The van der Waals surface area contributed by atoms with Crippen LogP contribution in [0.3, 0.4) is 0 Å². The van der Waals surface area contributed by atoms with E-state index in [1.165, 1.54) is 0 Å². The Labute approximate surface area is 132 Å². The van der Waals surface area contributed by atoms with Gasteiger partial charge in [0.05, 0.1) is 11.2 Å². The molecule has 22 heavy (non-hydrogen) atoms. The summed E-state index contributed by atoms with van der Waals surface area (Å²) in [6, 6.07) is 19.3. The molecular weight excluding hydrogens is 296 g/mol. The first-order chi connectivity index (χ1) is 10.6. The van der Waals surface area contributed by atoms with Crippen molar-refractivity contribution in [3.05, 3.63) is 81.7 Å². The van der Waals surface area contributed by atoms with E-state index in [0.29, 0.717) is 5.02 Å². The van der Waals surface area contributed by atoms with Gasteiger partial charge in [0.2, 0.25) is 0 Å². The number of benzene rings is 2. The summed E-state index contributed by atoms with van der Waals surface area (Å²) in [5.41, 5.74) is 3.69. The van der Waals surface area contributed by atoms with Crippen molar-refractivity contribution < 1.29 is 0 Å². The third-order valence-electron chi connectivity index (χ3n) is 3.88. The summed E-state index contributed by atoms with van der Waals surface area (Å²) in [6.07, 6.45) is 0. The molecule has 3 nitrogen and oxygen atoms in total. The van der Waals surface area contributed by atoms with Crippen LogP contribution in [0.25, 0.3) is 22.2 Å². The number of nitrogens with zero attached hydrogens (tertiary/aromatic N) is 2. The first-order valence-corrected chi connectivity index (χ1v) is 7.42. The van der Waals surface area contributed by atoms with Crippen molar-refractivity contribution in [2.75, 3.05) is 0 Å². The summed E-state index contributed by atoms with van der Waals surface area (Å²) in [4.78, 5) is 12.4. The third-order valence-corrected chi connectivity index (χ3v) is 4.12. The topological polar surface area (TPSA) is 25.9 Å². The Kier molecular flexibility index (Phi) is 2.84. The molecule has 2 heterocycles. The Morgan fingerprint density at radius 3 is 2.55 bits per heavy atom. The fraction of sp³-hybridized carbons (Fsp3) is 0.0556. The number of halogens is 1. The highest BCUT2D eigenvalue weighted by atomic mass is 35.5. The normalized spacial score (nSPS) is 11.4. The average molecular weight is 309 g/mol. The molecule has 0 saturated carbocycles. The Balaban J connectivity index is 2.24. The van der Waals surface area contributed by atoms with Crippen molar-refractivity contribution in [2.45, 2.75) is 6.92 Å². The lowest BCUT2D eigenvalue weighted by molar-refractivity contribution is 0.812. The highest BCUT2D eigenvalue weighted by molar-refractivity contribution is 6.30. The maximum absolute atomic E-state index is 12.4. The van der Waals surface area contributed by atoms with Gasteiger partial charge in [-0.3, -0.25) is 4.79 Å². The number of hydrogen-bond donors (Lipinski definition) is 0. The van der Waals surface area contributed by atoms with E-state index >= 15 is 0 Å². The maximum atomic E-state index is 12.4. The summed E-state index contributed by atoms with van der Waals surface area (Å²) in [6.45, 7) is 1.93. The van der Waals surface area contributed by atoms with Crippen molar-refractivity contribution in [3.8, 4) is 11.3 Å². The van der Waals surface area contributed by atoms with Gasteiger partial charge in [-0.05, 0) is 31.2 Å². The molecule has 0 aliphatic heterocycles. The molecule has 4 heteroatoms. The molecule has 0 N–H and O–H groups in total. The molecular formula is C18H13ClN2O. The van der Waals surface area contributed by atoms with Crippen molar-refractivity contribution in [2.24, 2.45) is 0 Å². The van der Waals surface area contributed by atoms with E-state index in [1.54, 1.807) is 10.6 Å². The van der Waals surface area contributed by atoms with Crippen molar-refractivity contribution >= 4 is 22.5 Å². The Morgan fingerprint density at radius 2 is 1.73 bits per heavy atom. The second kappa shape index (κ2) is 4.75. The van der Waals surface area contributed by atoms with Gasteiger partial charge >= 0.3 is 0 Å². The van der Waals surface area contributed by atoms with Gasteiger partial charge in [0, 0.05) is 27.7 Å². The zero-order chi connectivity index (χ0) is 15.3. The van der Waals surface area contributed by atoms with Gasteiger partial charge in [0.1, 0.15) is 0 Å². The molecule has 0 bridgehead atoms. The second-order valence-corrected chi connectivity index (χ2v) is 5.78. The highest BCUT2D eigenvalue weighted by Gasteiger charge is 2.12. The molecule has 0 saturated heterocycles. The molecule has 4 rings (SSSR count). The summed E-state index contributed by atoms with van der Waals surface area (Å²) < 4.78 is 3.65. The quantitative estimate of drug-likeness (QED) is 0.518. The van der Waals surface area contributed by atoms with Crippen molar-refractivity contribution in [1.29, 1.82) is 0 Å². The van der Waals surface area contributed by atoms with Gasteiger partial charge in [-0.15, -0.1) is 0 Å². The predicted octanol–water partition coefficient (Wildman–Crippen LogP) is 4.18. The molecule has 0 atom stereocenters. The first kappa shape index (κ1) is 13.2. The summed E-state index contributed by atoms with van der Waals surface area (Å²) in [5, 5.41) is 1.70. The molecule has 0 amide bonds. The van der Waals surface area contributed by atoms with Crippen LogP contribution >= 0.6 is 11.6 Å². The lowest BCUT2D eigenvalue weighted by Gasteiger charge is -2.12. The lowest BCUT2D eigenvalue weighted by Crippen LogP contribution is -2.13. The van der Waals surface area contributed by atoms with Crippen LogP contribution in [-0.2, 0) is 0 Å². The van der Waals surface area contributed by atoms with Crippen molar-refractivity contribution in [1.82, 2.24) is 9.03 Å². The number of para-hydroxylation sites is 1. The number of rotatable bonds is 1. The number of aryl methyl sites for hydroxylation is 1. The van der Waals surface area contributed by atoms with Crippen LogP contribution in [-0.4, -0.2) is 9.03 Å². The van der Waals surface area contributed by atoms with Crippen LogP contribution < -0.4 is 5.56 Å². The van der Waals surface area contributed by atoms with E-state index in [1.807, 2.05) is 60.0 Å². The first-order valence-electron chi connectivity index (χ1n) is 7.04. The Hall–Kier alpha value is -2.52. The average Bonchev–Trinajstić information content (AvgIpc) is 2.82. The minimum atomic E-state index is -0.0300. The van der Waals surface area contributed by atoms with Crippen LogP contribution in [0, 0.1) is 6.92 Å². The van der Waals surface area contributed by atoms with Crippen LogP contribution in [0.1, 0.15) is 5.69 Å². The predicted molar refractivity (Wildman–Crippen MR) is 89.8 cm³/mol. The Morgan fingerprint density at radius 1 is 0.909 bits per heavy atom. The number of hydrogen-bond acceptors (Lipinski definition) is 1. The third kappa shape index (κ3) is 1.86. The molecule has 2 aromatic heterocycles. The molecule has 0 fully saturated rings. The molecule has 0 aliphatic carbocycles. The van der Waals surface area contributed by atoms with Crippen LogP contribution in [0.4, 0.5) is 0 Å². The SMILES string of the molecule is Cc1cc(=O)n2c3ccccc3cc(-c3cccc(Cl)c3)n12. The molecule has 2 aromatic carbocycles. The van der Waals surface area contributed by atoms with Crippen LogP contribution in [0.2, 0.25) is 5.02 Å². The van der Waals surface area contributed by atoms with E-state index in [4.69, 9.17) is 11.6 Å². The smallest absolute Gasteiger partial charge is 0.267 e. The van der Waals surface area contributed by atoms with E-state index in [-0.39, 0.29) is 5.56 Å². The van der Waals surface area contributed by atoms with E-state index in [2.05, 4.69) is 6.07 Å². The minimum absolute atomic E-state index is 0.0300. The van der Waals surface area contributed by atoms with Gasteiger partial charge < -0.3 is 0 Å². The van der Waals surface area contributed by atoms with Gasteiger partial charge in [-0.25, -0.2) is 9.03 Å². The number of aromatic nitrogens is 2. The molecule has 0 radical (unpaired) electrons. The van der Waals surface area contributed by atoms with E-state index in [9.17, 15) is 4.79 Å². The van der Waals surface area contributed by atoms with E-state index < -0.39 is 0 Å². The van der Waals surface area contributed by atoms with Crippen LogP contribution in [0.15, 0.2) is 65.5 Å².